The van der Waals surface area contributed by atoms with Crippen LogP contribution >= 0.6 is 11.6 Å². The first-order valence-corrected chi connectivity index (χ1v) is 8.33. The lowest BCUT2D eigenvalue weighted by molar-refractivity contribution is -0.123. The van der Waals surface area contributed by atoms with Crippen LogP contribution in [0.3, 0.4) is 0 Å². The van der Waals surface area contributed by atoms with E-state index in [2.05, 4.69) is 26.1 Å². The second-order valence-corrected chi connectivity index (χ2v) is 7.29. The molecule has 0 aromatic heterocycles. The van der Waals surface area contributed by atoms with Crippen molar-refractivity contribution in [2.75, 3.05) is 5.32 Å². The summed E-state index contributed by atoms with van der Waals surface area (Å²) < 4.78 is 0. The summed E-state index contributed by atoms with van der Waals surface area (Å²) in [5.74, 6) is 1.95. The molecular weight excluding hydrogens is 282 g/mol. The Labute approximate surface area is 133 Å². The predicted molar refractivity (Wildman–Crippen MR) is 89.7 cm³/mol. The van der Waals surface area contributed by atoms with E-state index in [1.807, 2.05) is 25.1 Å². The summed E-state index contributed by atoms with van der Waals surface area (Å²) in [6, 6.07) is 5.71. The highest BCUT2D eigenvalue weighted by atomic mass is 35.5. The molecule has 0 radical (unpaired) electrons. The van der Waals surface area contributed by atoms with Gasteiger partial charge in [-0.05, 0) is 55.2 Å². The summed E-state index contributed by atoms with van der Waals surface area (Å²) in [5.41, 5.74) is 1.83. The van der Waals surface area contributed by atoms with E-state index in [4.69, 9.17) is 11.6 Å². The summed E-state index contributed by atoms with van der Waals surface area (Å²) in [4.78, 5) is 12.7. The maximum atomic E-state index is 12.7. The molecule has 3 heteroatoms. The molecule has 0 heterocycles. The number of anilines is 1. The molecule has 1 N–H and O–H groups in total. The monoisotopic (exact) mass is 307 g/mol. The number of benzene rings is 1. The number of hydrogen-bond acceptors (Lipinski definition) is 1. The van der Waals surface area contributed by atoms with Gasteiger partial charge in [0.25, 0.3) is 0 Å². The lowest BCUT2D eigenvalue weighted by Gasteiger charge is -2.36. The van der Waals surface area contributed by atoms with Gasteiger partial charge in [0.1, 0.15) is 0 Å². The quantitative estimate of drug-likeness (QED) is 0.807. The highest BCUT2D eigenvalue weighted by molar-refractivity contribution is 6.31. The van der Waals surface area contributed by atoms with Gasteiger partial charge in [0.2, 0.25) is 5.91 Å². The minimum atomic E-state index is 0.119. The fourth-order valence-electron chi connectivity index (χ4n) is 3.41. The minimum Gasteiger partial charge on any atom is -0.326 e. The molecule has 1 aliphatic carbocycles. The first-order valence-electron chi connectivity index (χ1n) is 7.95. The highest BCUT2D eigenvalue weighted by Crippen LogP contribution is 2.38. The zero-order valence-electron chi connectivity index (χ0n) is 13.4. The summed E-state index contributed by atoms with van der Waals surface area (Å²) in [6.07, 6.45) is 3.39. The van der Waals surface area contributed by atoms with Gasteiger partial charge in [-0.1, -0.05) is 44.9 Å². The molecule has 1 saturated carbocycles. The third kappa shape index (κ3) is 4.00. The average molecular weight is 308 g/mol. The van der Waals surface area contributed by atoms with Crippen LogP contribution in [0.5, 0.6) is 0 Å². The highest BCUT2D eigenvalue weighted by Gasteiger charge is 2.35. The van der Waals surface area contributed by atoms with Crippen molar-refractivity contribution in [3.8, 4) is 0 Å². The number of carbonyl (C=O) groups excluding carboxylic acids is 1. The molecule has 0 unspecified atom stereocenters. The molecule has 1 amide bonds. The predicted octanol–water partition coefficient (Wildman–Crippen LogP) is 5.30. The number of aryl methyl sites for hydroxylation is 1. The molecule has 0 saturated heterocycles. The smallest absolute Gasteiger partial charge is 0.227 e. The number of rotatable bonds is 3. The second kappa shape index (κ2) is 6.83. The molecule has 3 atom stereocenters. The number of carbonyl (C=O) groups is 1. The standard InChI is InChI=1S/C18H26ClNO/c1-11(2)15-8-5-12(3)9-16(15)18(21)20-14-7-6-13(4)17(19)10-14/h6-7,10-12,15-16H,5,8-9H2,1-4H3,(H,20,21)/t12-,15+,16-/m1/s1. The molecule has 1 aliphatic rings. The first-order chi connectivity index (χ1) is 9.88. The molecule has 0 bridgehead atoms. The Morgan fingerprint density at radius 1 is 1.33 bits per heavy atom. The lowest BCUT2D eigenvalue weighted by atomic mass is 9.70. The molecule has 2 nitrogen and oxygen atoms in total. The van der Waals surface area contributed by atoms with Crippen LogP contribution in [0.2, 0.25) is 5.02 Å². The topological polar surface area (TPSA) is 29.1 Å². The van der Waals surface area contributed by atoms with Crippen LogP contribution < -0.4 is 5.32 Å². The van der Waals surface area contributed by atoms with Crippen molar-refractivity contribution in [3.63, 3.8) is 0 Å². The summed E-state index contributed by atoms with van der Waals surface area (Å²) in [6.45, 7) is 8.67. The lowest BCUT2D eigenvalue weighted by Crippen LogP contribution is -2.36. The molecule has 116 valence electrons. The SMILES string of the molecule is Cc1ccc(NC(=O)[C@@H]2C[C@H](C)CC[C@H]2C(C)C)cc1Cl. The van der Waals surface area contributed by atoms with E-state index < -0.39 is 0 Å². The zero-order valence-corrected chi connectivity index (χ0v) is 14.2. The van der Waals surface area contributed by atoms with Crippen LogP contribution in [0.4, 0.5) is 5.69 Å². The van der Waals surface area contributed by atoms with Crippen LogP contribution in [-0.2, 0) is 4.79 Å². The average Bonchev–Trinajstić information content (AvgIpc) is 2.42. The largest absolute Gasteiger partial charge is 0.326 e. The summed E-state index contributed by atoms with van der Waals surface area (Å²) in [5, 5.41) is 3.76. The number of hydrogen-bond donors (Lipinski definition) is 1. The Morgan fingerprint density at radius 2 is 2.05 bits per heavy atom. The van der Waals surface area contributed by atoms with Crippen molar-refractivity contribution >= 4 is 23.2 Å². The van der Waals surface area contributed by atoms with Gasteiger partial charge in [0, 0.05) is 16.6 Å². The van der Waals surface area contributed by atoms with Crippen molar-refractivity contribution in [3.05, 3.63) is 28.8 Å². The Balaban J connectivity index is 2.11. The van der Waals surface area contributed by atoms with Crippen molar-refractivity contribution in [2.45, 2.75) is 47.0 Å². The molecule has 0 spiro atoms. The van der Waals surface area contributed by atoms with Crippen molar-refractivity contribution in [2.24, 2.45) is 23.7 Å². The maximum Gasteiger partial charge on any atom is 0.227 e. The van der Waals surface area contributed by atoms with Gasteiger partial charge < -0.3 is 5.32 Å². The number of halogens is 1. The summed E-state index contributed by atoms with van der Waals surface area (Å²) in [7, 11) is 0. The van der Waals surface area contributed by atoms with E-state index in [9.17, 15) is 4.79 Å². The Bertz CT molecular complexity index is 512. The molecule has 1 fully saturated rings. The van der Waals surface area contributed by atoms with Gasteiger partial charge in [-0.25, -0.2) is 0 Å². The van der Waals surface area contributed by atoms with Gasteiger partial charge >= 0.3 is 0 Å². The molecule has 21 heavy (non-hydrogen) atoms. The fraction of sp³-hybridized carbons (Fsp3) is 0.611. The number of nitrogens with one attached hydrogen (secondary N) is 1. The van der Waals surface area contributed by atoms with Crippen LogP contribution in [0, 0.1) is 30.6 Å². The molecule has 1 aromatic carbocycles. The summed E-state index contributed by atoms with van der Waals surface area (Å²) >= 11 is 6.13. The third-order valence-electron chi connectivity index (χ3n) is 4.80. The van der Waals surface area contributed by atoms with Crippen LogP contribution in [0.25, 0.3) is 0 Å². The second-order valence-electron chi connectivity index (χ2n) is 6.89. The van der Waals surface area contributed by atoms with Crippen LogP contribution in [0.1, 0.15) is 45.6 Å². The maximum absolute atomic E-state index is 12.7. The van der Waals surface area contributed by atoms with E-state index in [0.29, 0.717) is 22.8 Å². The van der Waals surface area contributed by atoms with E-state index in [1.54, 1.807) is 0 Å². The Kier molecular flexibility index (Phi) is 5.32. The van der Waals surface area contributed by atoms with Gasteiger partial charge in [0.15, 0.2) is 0 Å². The normalized spacial score (nSPS) is 25.9. The van der Waals surface area contributed by atoms with Crippen molar-refractivity contribution in [1.82, 2.24) is 0 Å². The molecular formula is C18H26ClNO. The Hall–Kier alpha value is -1.02. The van der Waals surface area contributed by atoms with Crippen molar-refractivity contribution < 1.29 is 4.79 Å². The minimum absolute atomic E-state index is 0.119. The Morgan fingerprint density at radius 3 is 2.67 bits per heavy atom. The molecule has 2 rings (SSSR count). The third-order valence-corrected chi connectivity index (χ3v) is 5.21. The van der Waals surface area contributed by atoms with E-state index in [-0.39, 0.29) is 11.8 Å². The van der Waals surface area contributed by atoms with Crippen molar-refractivity contribution in [1.29, 1.82) is 0 Å². The number of amides is 1. The zero-order chi connectivity index (χ0) is 15.6. The fourth-order valence-corrected chi connectivity index (χ4v) is 3.59. The van der Waals surface area contributed by atoms with Gasteiger partial charge in [0.05, 0.1) is 0 Å². The first kappa shape index (κ1) is 16.4. The van der Waals surface area contributed by atoms with Gasteiger partial charge in [-0.3, -0.25) is 4.79 Å². The van der Waals surface area contributed by atoms with E-state index in [0.717, 1.165) is 24.1 Å². The van der Waals surface area contributed by atoms with E-state index >= 15 is 0 Å². The van der Waals surface area contributed by atoms with Crippen LogP contribution in [-0.4, -0.2) is 5.91 Å². The van der Waals surface area contributed by atoms with Gasteiger partial charge in [-0.2, -0.15) is 0 Å². The molecule has 0 aliphatic heterocycles. The molecule has 1 aromatic rings. The van der Waals surface area contributed by atoms with E-state index in [1.165, 1.54) is 6.42 Å². The van der Waals surface area contributed by atoms with Crippen LogP contribution in [0.15, 0.2) is 18.2 Å². The van der Waals surface area contributed by atoms with Gasteiger partial charge in [-0.15, -0.1) is 0 Å².